The fourth-order valence-corrected chi connectivity index (χ4v) is 3.54. The number of carbonyl (C=O) groups excluding carboxylic acids is 1. The zero-order valence-electron chi connectivity index (χ0n) is 18.7. The summed E-state index contributed by atoms with van der Waals surface area (Å²) >= 11 is 0. The number of hydrogen-bond donors (Lipinski definition) is 1. The van der Waals surface area contributed by atoms with E-state index >= 15 is 0 Å². The number of hydrogen-bond acceptors (Lipinski definition) is 3. The fourth-order valence-electron chi connectivity index (χ4n) is 3.54. The molecule has 0 saturated heterocycles. The molecule has 2 aromatic carbocycles. The van der Waals surface area contributed by atoms with Crippen LogP contribution in [0.15, 0.2) is 83.9 Å². The average Bonchev–Trinajstić information content (AvgIpc) is 2.81. The second kappa shape index (κ2) is 9.20. The van der Waals surface area contributed by atoms with Gasteiger partial charge in [0.25, 0.3) is 11.5 Å². The van der Waals surface area contributed by atoms with E-state index in [0.29, 0.717) is 22.5 Å². The van der Waals surface area contributed by atoms with E-state index in [1.54, 1.807) is 19.2 Å². The van der Waals surface area contributed by atoms with Gasteiger partial charge in [0.2, 0.25) is 0 Å². The fraction of sp³-hybridized carbons (Fsp3) is 0.148. The van der Waals surface area contributed by atoms with Crippen molar-refractivity contribution in [1.82, 2.24) is 14.9 Å². The third-order valence-electron chi connectivity index (χ3n) is 5.50. The first kappa shape index (κ1) is 22.1. The van der Waals surface area contributed by atoms with Gasteiger partial charge in [-0.3, -0.25) is 19.1 Å². The molecule has 1 N–H and O–H groups in total. The van der Waals surface area contributed by atoms with Crippen molar-refractivity contribution in [2.75, 3.05) is 0 Å². The molecule has 0 saturated carbocycles. The Morgan fingerprint density at radius 3 is 2.21 bits per heavy atom. The van der Waals surface area contributed by atoms with Crippen molar-refractivity contribution in [1.29, 1.82) is 0 Å². The Morgan fingerprint density at radius 2 is 1.61 bits per heavy atom. The van der Waals surface area contributed by atoms with E-state index in [0.717, 1.165) is 22.9 Å². The van der Waals surface area contributed by atoms with Crippen LogP contribution in [-0.4, -0.2) is 15.5 Å². The zero-order valence-corrected chi connectivity index (χ0v) is 18.7. The van der Waals surface area contributed by atoms with Gasteiger partial charge >= 0.3 is 0 Å². The highest BCUT2D eigenvalue weighted by Crippen LogP contribution is 2.20. The molecule has 33 heavy (non-hydrogen) atoms. The Hall–Kier alpha value is -4.06. The Morgan fingerprint density at radius 1 is 0.970 bits per heavy atom. The SMILES string of the molecule is Cc1ccc(-c2cc(C(=O)N[C@H](C)c3ccc(F)cn3)cn(-c3ccc(C)cc3)c2=O)cc1. The van der Waals surface area contributed by atoms with E-state index < -0.39 is 11.9 Å². The predicted molar refractivity (Wildman–Crippen MR) is 127 cm³/mol. The standard InChI is InChI=1S/C27H24FN3O2/c1-17-4-8-20(9-5-17)24-14-21(16-31(27(24)33)23-11-6-18(2)7-12-23)26(32)30-19(3)25-13-10-22(28)15-29-25/h4-16,19H,1-3H3,(H,30,32)/t19-/m1/s1. The third-order valence-corrected chi connectivity index (χ3v) is 5.50. The molecule has 0 spiro atoms. The molecule has 0 aliphatic rings. The van der Waals surface area contributed by atoms with E-state index in [1.165, 1.54) is 16.7 Å². The molecule has 0 aliphatic heterocycles. The highest BCUT2D eigenvalue weighted by Gasteiger charge is 2.17. The van der Waals surface area contributed by atoms with Crippen LogP contribution in [0.25, 0.3) is 16.8 Å². The first-order valence-corrected chi connectivity index (χ1v) is 10.6. The second-order valence-corrected chi connectivity index (χ2v) is 8.12. The van der Waals surface area contributed by atoms with E-state index in [9.17, 15) is 14.0 Å². The molecule has 2 heterocycles. The highest BCUT2D eigenvalue weighted by atomic mass is 19.1. The van der Waals surface area contributed by atoms with Crippen molar-refractivity contribution >= 4 is 5.91 Å². The Balaban J connectivity index is 1.77. The number of aryl methyl sites for hydroxylation is 2. The van der Waals surface area contributed by atoms with Crippen LogP contribution in [0.1, 0.15) is 40.1 Å². The Labute approximate surface area is 191 Å². The Kier molecular flexibility index (Phi) is 6.18. The summed E-state index contributed by atoms with van der Waals surface area (Å²) in [6.07, 6.45) is 2.66. The molecule has 5 nitrogen and oxygen atoms in total. The third kappa shape index (κ3) is 4.90. The lowest BCUT2D eigenvalue weighted by Crippen LogP contribution is -2.29. The molecule has 0 bridgehead atoms. The van der Waals surface area contributed by atoms with Gasteiger partial charge in [0.15, 0.2) is 0 Å². The van der Waals surface area contributed by atoms with Gasteiger partial charge in [-0.15, -0.1) is 0 Å². The summed E-state index contributed by atoms with van der Waals surface area (Å²) in [5.41, 5.74) is 4.63. The van der Waals surface area contributed by atoms with Gasteiger partial charge in [-0.2, -0.15) is 0 Å². The molecular formula is C27H24FN3O2. The lowest BCUT2D eigenvalue weighted by molar-refractivity contribution is 0.0938. The molecule has 6 heteroatoms. The van der Waals surface area contributed by atoms with E-state index in [-0.39, 0.29) is 11.5 Å². The number of amides is 1. The van der Waals surface area contributed by atoms with Crippen LogP contribution in [-0.2, 0) is 0 Å². The molecule has 0 fully saturated rings. The number of rotatable bonds is 5. The number of nitrogens with zero attached hydrogens (tertiary/aromatic N) is 2. The number of halogens is 1. The minimum absolute atomic E-state index is 0.215. The van der Waals surface area contributed by atoms with Crippen LogP contribution in [0, 0.1) is 19.7 Å². The van der Waals surface area contributed by atoms with Gasteiger partial charge in [-0.25, -0.2) is 4.39 Å². The normalized spacial score (nSPS) is 11.8. The largest absolute Gasteiger partial charge is 0.344 e. The van der Waals surface area contributed by atoms with Crippen LogP contribution in [0.4, 0.5) is 4.39 Å². The van der Waals surface area contributed by atoms with Crippen LogP contribution in [0.3, 0.4) is 0 Å². The monoisotopic (exact) mass is 441 g/mol. The smallest absolute Gasteiger partial charge is 0.262 e. The number of benzene rings is 2. The first-order chi connectivity index (χ1) is 15.8. The molecule has 166 valence electrons. The maximum atomic E-state index is 13.4. The van der Waals surface area contributed by atoms with Crippen LogP contribution in [0.2, 0.25) is 0 Å². The van der Waals surface area contributed by atoms with Gasteiger partial charge in [0.1, 0.15) is 5.82 Å². The molecule has 0 aliphatic carbocycles. The molecule has 1 atom stereocenters. The molecule has 0 unspecified atom stereocenters. The predicted octanol–water partition coefficient (Wildman–Crippen LogP) is 5.15. The summed E-state index contributed by atoms with van der Waals surface area (Å²) in [4.78, 5) is 30.6. The zero-order chi connectivity index (χ0) is 23.5. The van der Waals surface area contributed by atoms with Crippen molar-refractivity contribution in [3.63, 3.8) is 0 Å². The number of aromatic nitrogens is 2. The molecule has 2 aromatic heterocycles. The van der Waals surface area contributed by atoms with E-state index in [1.807, 2.05) is 62.4 Å². The van der Waals surface area contributed by atoms with Gasteiger partial charge in [-0.1, -0.05) is 47.5 Å². The number of carbonyl (C=O) groups is 1. The van der Waals surface area contributed by atoms with Crippen molar-refractivity contribution in [3.05, 3.63) is 118 Å². The molecular weight excluding hydrogens is 417 g/mol. The van der Waals surface area contributed by atoms with Crippen molar-refractivity contribution in [3.8, 4) is 16.8 Å². The van der Waals surface area contributed by atoms with Crippen LogP contribution in [0.5, 0.6) is 0 Å². The quantitative estimate of drug-likeness (QED) is 0.466. The highest BCUT2D eigenvalue weighted by molar-refractivity contribution is 5.95. The van der Waals surface area contributed by atoms with Gasteiger partial charge in [0.05, 0.1) is 23.5 Å². The minimum atomic E-state index is -0.444. The van der Waals surface area contributed by atoms with Crippen molar-refractivity contribution in [2.45, 2.75) is 26.8 Å². The summed E-state index contributed by atoms with van der Waals surface area (Å²) in [7, 11) is 0. The van der Waals surface area contributed by atoms with Crippen molar-refractivity contribution < 1.29 is 9.18 Å². The van der Waals surface area contributed by atoms with E-state index in [4.69, 9.17) is 0 Å². The number of nitrogens with one attached hydrogen (secondary N) is 1. The summed E-state index contributed by atoms with van der Waals surface area (Å²) in [5.74, 6) is -0.798. The minimum Gasteiger partial charge on any atom is -0.344 e. The maximum Gasteiger partial charge on any atom is 0.262 e. The average molecular weight is 442 g/mol. The second-order valence-electron chi connectivity index (χ2n) is 8.12. The first-order valence-electron chi connectivity index (χ1n) is 10.6. The van der Waals surface area contributed by atoms with Gasteiger partial charge in [0, 0.05) is 17.4 Å². The molecule has 4 aromatic rings. The number of pyridine rings is 2. The van der Waals surface area contributed by atoms with Gasteiger partial charge < -0.3 is 5.32 Å². The van der Waals surface area contributed by atoms with E-state index in [2.05, 4.69) is 10.3 Å². The summed E-state index contributed by atoms with van der Waals surface area (Å²) in [6.45, 7) is 5.72. The summed E-state index contributed by atoms with van der Waals surface area (Å²) < 4.78 is 14.7. The van der Waals surface area contributed by atoms with Crippen LogP contribution < -0.4 is 10.9 Å². The lowest BCUT2D eigenvalue weighted by Gasteiger charge is -2.16. The Bertz CT molecular complexity index is 1270. The molecule has 4 rings (SSSR count). The van der Waals surface area contributed by atoms with Gasteiger partial charge in [-0.05, 0) is 56.7 Å². The van der Waals surface area contributed by atoms with Crippen molar-refractivity contribution in [2.24, 2.45) is 0 Å². The lowest BCUT2D eigenvalue weighted by atomic mass is 10.0. The topological polar surface area (TPSA) is 64.0 Å². The molecule has 1 amide bonds. The summed E-state index contributed by atoms with van der Waals surface area (Å²) in [6, 6.07) is 19.1. The maximum absolute atomic E-state index is 13.4. The molecule has 0 radical (unpaired) electrons. The summed E-state index contributed by atoms with van der Waals surface area (Å²) in [5, 5.41) is 2.89. The van der Waals surface area contributed by atoms with Crippen LogP contribution >= 0.6 is 0 Å².